The zero-order valence-corrected chi connectivity index (χ0v) is 14.7. The van der Waals surface area contributed by atoms with E-state index in [0.29, 0.717) is 0 Å². The lowest BCUT2D eigenvalue weighted by molar-refractivity contribution is 0.386. The van der Waals surface area contributed by atoms with Gasteiger partial charge in [-0.2, -0.15) is 0 Å². The summed E-state index contributed by atoms with van der Waals surface area (Å²) in [5.74, 6) is -2.06. The SMILES string of the molecule is C=Cc1ccc(/C=C/c2ccc(-c3ccc(OC)c(F)c3)cc2)c(F)c1F. The Morgan fingerprint density at radius 2 is 1.41 bits per heavy atom. The predicted molar refractivity (Wildman–Crippen MR) is 104 cm³/mol. The minimum absolute atomic E-state index is 0.126. The van der Waals surface area contributed by atoms with Crippen LogP contribution in [0.25, 0.3) is 29.4 Å². The second-order valence-electron chi connectivity index (χ2n) is 5.88. The summed E-state index contributed by atoms with van der Waals surface area (Å²) >= 11 is 0. The maximum Gasteiger partial charge on any atom is 0.166 e. The molecule has 0 aliphatic carbocycles. The number of halogens is 3. The van der Waals surface area contributed by atoms with Crippen molar-refractivity contribution in [3.8, 4) is 16.9 Å². The lowest BCUT2D eigenvalue weighted by Gasteiger charge is -2.06. The first-order valence-electron chi connectivity index (χ1n) is 8.26. The minimum atomic E-state index is -0.913. The van der Waals surface area contributed by atoms with Crippen molar-refractivity contribution in [3.05, 3.63) is 95.3 Å². The molecule has 0 heterocycles. The van der Waals surface area contributed by atoms with Gasteiger partial charge in [0, 0.05) is 11.1 Å². The first-order valence-corrected chi connectivity index (χ1v) is 8.26. The summed E-state index contributed by atoms with van der Waals surface area (Å²) in [7, 11) is 1.42. The van der Waals surface area contributed by atoms with Crippen molar-refractivity contribution < 1.29 is 17.9 Å². The molecule has 3 rings (SSSR count). The molecule has 0 atom stereocenters. The van der Waals surface area contributed by atoms with Crippen LogP contribution >= 0.6 is 0 Å². The normalized spacial score (nSPS) is 11.0. The van der Waals surface area contributed by atoms with Crippen molar-refractivity contribution >= 4 is 18.2 Å². The molecule has 0 bridgehead atoms. The summed E-state index contributed by atoms with van der Waals surface area (Å²) < 4.78 is 46.6. The highest BCUT2D eigenvalue weighted by Gasteiger charge is 2.09. The van der Waals surface area contributed by atoms with Gasteiger partial charge in [-0.05, 0) is 28.8 Å². The van der Waals surface area contributed by atoms with Crippen molar-refractivity contribution in [1.82, 2.24) is 0 Å². The van der Waals surface area contributed by atoms with Gasteiger partial charge in [-0.15, -0.1) is 0 Å². The van der Waals surface area contributed by atoms with E-state index in [1.54, 1.807) is 18.2 Å². The zero-order chi connectivity index (χ0) is 19.4. The summed E-state index contributed by atoms with van der Waals surface area (Å²) in [6, 6.07) is 15.0. The highest BCUT2D eigenvalue weighted by atomic mass is 19.2. The van der Waals surface area contributed by atoms with Crippen LogP contribution in [0.1, 0.15) is 16.7 Å². The molecule has 0 aliphatic heterocycles. The number of benzene rings is 3. The molecule has 0 amide bonds. The standard InChI is InChI=1S/C23H17F3O/c1-3-16-10-11-18(23(26)22(16)25)9-6-15-4-7-17(8-5-15)19-12-13-21(27-2)20(24)14-19/h3-14H,1H2,2H3/b9-6+. The van der Waals surface area contributed by atoms with Gasteiger partial charge in [0.15, 0.2) is 23.2 Å². The Morgan fingerprint density at radius 1 is 0.778 bits per heavy atom. The van der Waals surface area contributed by atoms with Gasteiger partial charge >= 0.3 is 0 Å². The quantitative estimate of drug-likeness (QED) is 0.463. The van der Waals surface area contributed by atoms with Crippen LogP contribution in [0.3, 0.4) is 0 Å². The Kier molecular flexibility index (Phi) is 5.46. The molecule has 0 unspecified atom stereocenters. The summed E-state index contributed by atoms with van der Waals surface area (Å²) in [6.45, 7) is 3.45. The van der Waals surface area contributed by atoms with Gasteiger partial charge in [0.05, 0.1) is 7.11 Å². The van der Waals surface area contributed by atoms with Gasteiger partial charge in [0.1, 0.15) is 0 Å². The van der Waals surface area contributed by atoms with Gasteiger partial charge in [0.2, 0.25) is 0 Å². The van der Waals surface area contributed by atoms with Crippen LogP contribution in [0.15, 0.2) is 61.2 Å². The lowest BCUT2D eigenvalue weighted by Crippen LogP contribution is -1.92. The summed E-state index contributed by atoms with van der Waals surface area (Å²) in [6.07, 6.45) is 4.46. The molecule has 3 aromatic carbocycles. The zero-order valence-electron chi connectivity index (χ0n) is 14.7. The topological polar surface area (TPSA) is 9.23 Å². The van der Waals surface area contributed by atoms with Gasteiger partial charge < -0.3 is 4.74 Å². The first-order chi connectivity index (χ1) is 13.0. The van der Waals surface area contributed by atoms with Crippen LogP contribution in [-0.4, -0.2) is 7.11 Å². The van der Waals surface area contributed by atoms with Crippen LogP contribution in [0, 0.1) is 17.5 Å². The number of hydrogen-bond donors (Lipinski definition) is 0. The molecular formula is C23H17F3O. The molecule has 1 nitrogen and oxygen atoms in total. The van der Waals surface area contributed by atoms with E-state index in [1.165, 1.54) is 37.5 Å². The largest absolute Gasteiger partial charge is 0.494 e. The van der Waals surface area contributed by atoms with Gasteiger partial charge in [-0.3, -0.25) is 0 Å². The third-order valence-corrected chi connectivity index (χ3v) is 4.21. The van der Waals surface area contributed by atoms with Crippen molar-refractivity contribution in [2.45, 2.75) is 0 Å². The molecule has 0 radical (unpaired) electrons. The highest BCUT2D eigenvalue weighted by molar-refractivity contribution is 5.73. The second-order valence-corrected chi connectivity index (χ2v) is 5.88. The van der Waals surface area contributed by atoms with Crippen LogP contribution in [0.5, 0.6) is 5.75 Å². The Morgan fingerprint density at radius 3 is 2.04 bits per heavy atom. The monoisotopic (exact) mass is 366 g/mol. The van der Waals surface area contributed by atoms with Crippen LogP contribution in [-0.2, 0) is 0 Å². The first kappa shape index (κ1) is 18.5. The van der Waals surface area contributed by atoms with Crippen LogP contribution < -0.4 is 4.74 Å². The minimum Gasteiger partial charge on any atom is -0.494 e. The van der Waals surface area contributed by atoms with Crippen molar-refractivity contribution in [1.29, 1.82) is 0 Å². The summed E-state index contributed by atoms with van der Waals surface area (Å²) in [5, 5.41) is 0. The number of ether oxygens (including phenoxy) is 1. The molecule has 3 aromatic rings. The molecular weight excluding hydrogens is 349 g/mol. The predicted octanol–water partition coefficient (Wildman–Crippen LogP) is 6.59. The van der Waals surface area contributed by atoms with E-state index >= 15 is 0 Å². The molecule has 4 heteroatoms. The van der Waals surface area contributed by atoms with E-state index in [-0.39, 0.29) is 16.9 Å². The van der Waals surface area contributed by atoms with E-state index in [2.05, 4.69) is 6.58 Å². The molecule has 0 spiro atoms. The van der Waals surface area contributed by atoms with Crippen molar-refractivity contribution in [2.75, 3.05) is 7.11 Å². The molecule has 136 valence electrons. The molecule has 0 aromatic heterocycles. The van der Waals surface area contributed by atoms with E-state index < -0.39 is 17.5 Å². The average Bonchev–Trinajstić information content (AvgIpc) is 2.69. The number of methoxy groups -OCH3 is 1. The number of rotatable bonds is 5. The molecule has 0 fully saturated rings. The maximum absolute atomic E-state index is 14.0. The third kappa shape index (κ3) is 3.95. The Bertz CT molecular complexity index is 1000. The fourth-order valence-corrected chi connectivity index (χ4v) is 2.68. The van der Waals surface area contributed by atoms with E-state index in [4.69, 9.17) is 4.74 Å². The third-order valence-electron chi connectivity index (χ3n) is 4.21. The van der Waals surface area contributed by atoms with E-state index in [9.17, 15) is 13.2 Å². The Hall–Kier alpha value is -3.27. The van der Waals surface area contributed by atoms with Crippen LogP contribution in [0.2, 0.25) is 0 Å². The van der Waals surface area contributed by atoms with Gasteiger partial charge in [-0.1, -0.05) is 67.3 Å². The van der Waals surface area contributed by atoms with E-state index in [1.807, 2.05) is 24.3 Å². The van der Waals surface area contributed by atoms with E-state index in [0.717, 1.165) is 16.7 Å². The average molecular weight is 366 g/mol. The Labute approximate surface area is 156 Å². The Balaban J connectivity index is 1.82. The summed E-state index contributed by atoms with van der Waals surface area (Å²) in [5.41, 5.74) is 2.64. The fourth-order valence-electron chi connectivity index (χ4n) is 2.68. The van der Waals surface area contributed by atoms with Crippen molar-refractivity contribution in [3.63, 3.8) is 0 Å². The van der Waals surface area contributed by atoms with Gasteiger partial charge in [-0.25, -0.2) is 13.2 Å². The number of hydrogen-bond acceptors (Lipinski definition) is 1. The molecule has 0 N–H and O–H groups in total. The molecule has 27 heavy (non-hydrogen) atoms. The van der Waals surface area contributed by atoms with Gasteiger partial charge in [0.25, 0.3) is 0 Å². The molecule has 0 saturated carbocycles. The fraction of sp³-hybridized carbons (Fsp3) is 0.0435. The highest BCUT2D eigenvalue weighted by Crippen LogP contribution is 2.26. The summed E-state index contributed by atoms with van der Waals surface area (Å²) in [4.78, 5) is 0. The molecule has 0 saturated heterocycles. The smallest absolute Gasteiger partial charge is 0.166 e. The second kappa shape index (κ2) is 7.96. The molecule has 0 aliphatic rings. The maximum atomic E-state index is 14.0. The lowest BCUT2D eigenvalue weighted by atomic mass is 10.0. The van der Waals surface area contributed by atoms with Crippen molar-refractivity contribution in [2.24, 2.45) is 0 Å². The van der Waals surface area contributed by atoms with Crippen LogP contribution in [0.4, 0.5) is 13.2 Å².